The molecule has 0 saturated carbocycles. The maximum Gasteiger partial charge on any atom is 0.0722 e. The molecule has 3 heterocycles. The topological polar surface area (TPSA) is 30.3 Å². The van der Waals surface area contributed by atoms with Crippen LogP contribution in [0, 0.1) is 0 Å². The van der Waals surface area contributed by atoms with Crippen molar-refractivity contribution < 1.29 is 4.74 Å². The molecule has 5 rings (SSSR count). The van der Waals surface area contributed by atoms with Gasteiger partial charge in [0.25, 0.3) is 0 Å². The summed E-state index contributed by atoms with van der Waals surface area (Å²) in [6, 6.07) is 19.4. The van der Waals surface area contributed by atoms with Crippen molar-refractivity contribution in [3.8, 4) is 5.69 Å². The SMILES string of the molecule is Cl.c1cnc2cc(-n3ccc4c(CN5CCOCC5)cccc43)ccc2c1. The lowest BCUT2D eigenvalue weighted by Gasteiger charge is -2.26. The minimum absolute atomic E-state index is 0. The highest BCUT2D eigenvalue weighted by Gasteiger charge is 2.13. The van der Waals surface area contributed by atoms with Gasteiger partial charge < -0.3 is 9.30 Å². The standard InChI is InChI=1S/C22H21N3O.ClH/c1-3-18(16-24-11-13-26-14-12-24)20-8-10-25(22(20)5-1)19-7-6-17-4-2-9-23-21(17)15-19;/h1-10,15H,11-14,16H2;1H. The van der Waals surface area contributed by atoms with Crippen LogP contribution in [-0.4, -0.2) is 40.8 Å². The number of rotatable bonds is 3. The normalized spacial score (nSPS) is 15.1. The van der Waals surface area contributed by atoms with Gasteiger partial charge in [-0.15, -0.1) is 12.4 Å². The fourth-order valence-electron chi connectivity index (χ4n) is 3.80. The second-order valence-corrected chi connectivity index (χ2v) is 6.80. The molecule has 2 aromatic heterocycles. The Morgan fingerprint density at radius 1 is 0.963 bits per heavy atom. The number of ether oxygens (including phenoxy) is 1. The molecule has 27 heavy (non-hydrogen) atoms. The average Bonchev–Trinajstić information content (AvgIpc) is 3.14. The first-order valence-corrected chi connectivity index (χ1v) is 9.13. The Morgan fingerprint density at radius 2 is 1.85 bits per heavy atom. The molecule has 0 N–H and O–H groups in total. The molecule has 4 nitrogen and oxygen atoms in total. The molecule has 0 atom stereocenters. The largest absolute Gasteiger partial charge is 0.379 e. The van der Waals surface area contributed by atoms with E-state index in [1.54, 1.807) is 0 Å². The van der Waals surface area contributed by atoms with Crippen LogP contribution in [0.4, 0.5) is 0 Å². The van der Waals surface area contributed by atoms with Crippen molar-refractivity contribution in [2.75, 3.05) is 26.3 Å². The van der Waals surface area contributed by atoms with Gasteiger partial charge in [-0.25, -0.2) is 0 Å². The number of halogens is 1. The van der Waals surface area contributed by atoms with Crippen LogP contribution in [0.1, 0.15) is 5.56 Å². The van der Waals surface area contributed by atoms with Crippen LogP contribution < -0.4 is 0 Å². The number of morpholine rings is 1. The van der Waals surface area contributed by atoms with Crippen LogP contribution >= 0.6 is 12.4 Å². The second kappa shape index (κ2) is 7.69. The van der Waals surface area contributed by atoms with Crippen molar-refractivity contribution in [3.63, 3.8) is 0 Å². The monoisotopic (exact) mass is 379 g/mol. The zero-order valence-electron chi connectivity index (χ0n) is 15.0. The van der Waals surface area contributed by atoms with Crippen molar-refractivity contribution in [2.45, 2.75) is 6.54 Å². The van der Waals surface area contributed by atoms with E-state index < -0.39 is 0 Å². The molecular formula is C22H22ClN3O. The molecule has 1 aliphatic heterocycles. The van der Waals surface area contributed by atoms with Gasteiger partial charge in [0, 0.05) is 48.5 Å². The maximum absolute atomic E-state index is 5.47. The van der Waals surface area contributed by atoms with Crippen molar-refractivity contribution in [1.82, 2.24) is 14.5 Å². The van der Waals surface area contributed by atoms with Crippen molar-refractivity contribution in [1.29, 1.82) is 0 Å². The third kappa shape index (κ3) is 3.44. The molecule has 0 spiro atoms. The molecule has 0 radical (unpaired) electrons. The highest BCUT2D eigenvalue weighted by Crippen LogP contribution is 2.26. The molecule has 1 aliphatic rings. The van der Waals surface area contributed by atoms with Crippen LogP contribution in [0.3, 0.4) is 0 Å². The van der Waals surface area contributed by atoms with Crippen LogP contribution in [0.25, 0.3) is 27.5 Å². The fraction of sp³-hybridized carbons (Fsp3) is 0.227. The zero-order chi connectivity index (χ0) is 17.3. The van der Waals surface area contributed by atoms with E-state index in [9.17, 15) is 0 Å². The number of hydrogen-bond acceptors (Lipinski definition) is 3. The van der Waals surface area contributed by atoms with Gasteiger partial charge in [-0.3, -0.25) is 9.88 Å². The first kappa shape index (κ1) is 18.0. The summed E-state index contributed by atoms with van der Waals surface area (Å²) in [5.41, 5.74) is 4.79. The van der Waals surface area contributed by atoms with E-state index in [1.807, 2.05) is 12.3 Å². The molecule has 4 aromatic rings. The molecule has 0 unspecified atom stereocenters. The first-order valence-electron chi connectivity index (χ1n) is 9.13. The van der Waals surface area contributed by atoms with Gasteiger partial charge in [-0.2, -0.15) is 0 Å². The van der Waals surface area contributed by atoms with Gasteiger partial charge in [0.1, 0.15) is 0 Å². The molecule has 0 bridgehead atoms. The lowest BCUT2D eigenvalue weighted by Crippen LogP contribution is -2.35. The van der Waals surface area contributed by atoms with Gasteiger partial charge in [-0.1, -0.05) is 24.3 Å². The van der Waals surface area contributed by atoms with Gasteiger partial charge in [0.15, 0.2) is 0 Å². The molecular weight excluding hydrogens is 358 g/mol. The smallest absolute Gasteiger partial charge is 0.0722 e. The summed E-state index contributed by atoms with van der Waals surface area (Å²) in [7, 11) is 0. The van der Waals surface area contributed by atoms with E-state index in [0.29, 0.717) is 0 Å². The van der Waals surface area contributed by atoms with E-state index in [-0.39, 0.29) is 12.4 Å². The van der Waals surface area contributed by atoms with E-state index >= 15 is 0 Å². The lowest BCUT2D eigenvalue weighted by atomic mass is 10.1. The fourth-order valence-corrected chi connectivity index (χ4v) is 3.80. The third-order valence-corrected chi connectivity index (χ3v) is 5.19. The molecule has 5 heteroatoms. The Hall–Kier alpha value is -2.40. The minimum Gasteiger partial charge on any atom is -0.379 e. The van der Waals surface area contributed by atoms with Crippen molar-refractivity contribution >= 4 is 34.2 Å². The van der Waals surface area contributed by atoms with Gasteiger partial charge >= 0.3 is 0 Å². The van der Waals surface area contributed by atoms with Crippen LogP contribution in [0.5, 0.6) is 0 Å². The van der Waals surface area contributed by atoms with E-state index in [1.165, 1.54) is 21.9 Å². The Labute approximate surface area is 164 Å². The molecule has 138 valence electrons. The predicted molar refractivity (Wildman–Crippen MR) is 112 cm³/mol. The van der Waals surface area contributed by atoms with E-state index in [0.717, 1.165) is 44.1 Å². The number of nitrogens with zero attached hydrogens (tertiary/aromatic N) is 3. The van der Waals surface area contributed by atoms with E-state index in [4.69, 9.17) is 4.74 Å². The summed E-state index contributed by atoms with van der Waals surface area (Å²) >= 11 is 0. The Morgan fingerprint density at radius 3 is 2.74 bits per heavy atom. The number of benzene rings is 2. The summed E-state index contributed by atoms with van der Waals surface area (Å²) in [5, 5.41) is 2.49. The van der Waals surface area contributed by atoms with Crippen molar-refractivity contribution in [2.24, 2.45) is 0 Å². The first-order chi connectivity index (χ1) is 12.9. The van der Waals surface area contributed by atoms with E-state index in [2.05, 4.69) is 69.2 Å². The van der Waals surface area contributed by atoms with Gasteiger partial charge in [0.2, 0.25) is 0 Å². The van der Waals surface area contributed by atoms with Crippen LogP contribution in [0.15, 0.2) is 67.0 Å². The molecule has 1 fully saturated rings. The van der Waals surface area contributed by atoms with Crippen LogP contribution in [0.2, 0.25) is 0 Å². The molecule has 0 amide bonds. The van der Waals surface area contributed by atoms with Gasteiger partial charge in [-0.05, 0) is 35.9 Å². The maximum atomic E-state index is 5.47. The minimum atomic E-state index is 0. The Kier molecular flexibility index (Phi) is 5.12. The summed E-state index contributed by atoms with van der Waals surface area (Å²) in [6.07, 6.45) is 4.01. The number of hydrogen-bond donors (Lipinski definition) is 0. The van der Waals surface area contributed by atoms with Gasteiger partial charge in [0.05, 0.1) is 24.2 Å². The zero-order valence-corrected chi connectivity index (χ0v) is 15.9. The summed E-state index contributed by atoms with van der Waals surface area (Å²) in [5.74, 6) is 0. The summed E-state index contributed by atoms with van der Waals surface area (Å²) in [4.78, 5) is 6.96. The highest BCUT2D eigenvalue weighted by atomic mass is 35.5. The Balaban J connectivity index is 0.00000180. The summed E-state index contributed by atoms with van der Waals surface area (Å²) < 4.78 is 7.73. The number of pyridine rings is 1. The highest BCUT2D eigenvalue weighted by molar-refractivity contribution is 5.87. The Bertz CT molecular complexity index is 1070. The third-order valence-electron chi connectivity index (χ3n) is 5.19. The van der Waals surface area contributed by atoms with Crippen molar-refractivity contribution in [3.05, 3.63) is 72.6 Å². The molecule has 1 saturated heterocycles. The van der Waals surface area contributed by atoms with Crippen LogP contribution in [-0.2, 0) is 11.3 Å². The molecule has 2 aromatic carbocycles. The average molecular weight is 380 g/mol. The summed E-state index contributed by atoms with van der Waals surface area (Å²) in [6.45, 7) is 4.66. The molecule has 0 aliphatic carbocycles. The number of aromatic nitrogens is 2. The lowest BCUT2D eigenvalue weighted by molar-refractivity contribution is 0.0344. The predicted octanol–water partition coefficient (Wildman–Crippen LogP) is 4.43. The number of fused-ring (bicyclic) bond motifs is 2. The second-order valence-electron chi connectivity index (χ2n) is 6.80. The quantitative estimate of drug-likeness (QED) is 0.527.